The summed E-state index contributed by atoms with van der Waals surface area (Å²) in [5.74, 6) is 2.39. The van der Waals surface area contributed by atoms with Crippen molar-refractivity contribution < 1.29 is 9.53 Å². The van der Waals surface area contributed by atoms with Crippen LogP contribution >= 0.6 is 0 Å². The Morgan fingerprint density at radius 2 is 1.93 bits per heavy atom. The second kappa shape index (κ2) is 10.4. The minimum Gasteiger partial charge on any atom is -0.444 e. The van der Waals surface area contributed by atoms with Crippen molar-refractivity contribution in [1.29, 1.82) is 0 Å². The number of guanidine groups is 1. The number of imidazole rings is 1. The van der Waals surface area contributed by atoms with Gasteiger partial charge < -0.3 is 20.7 Å². The number of aryl methyl sites for hydroxylation is 1. The Morgan fingerprint density at radius 3 is 2.52 bits per heavy atom. The van der Waals surface area contributed by atoms with Crippen molar-refractivity contribution in [2.24, 2.45) is 4.99 Å². The van der Waals surface area contributed by atoms with Gasteiger partial charge in [-0.1, -0.05) is 6.07 Å². The van der Waals surface area contributed by atoms with Crippen LogP contribution in [0.15, 0.2) is 35.7 Å². The van der Waals surface area contributed by atoms with E-state index >= 15 is 0 Å². The Labute approximate surface area is 172 Å². The van der Waals surface area contributed by atoms with Crippen LogP contribution in [0.5, 0.6) is 0 Å². The number of aromatic nitrogens is 3. The highest BCUT2D eigenvalue weighted by molar-refractivity contribution is 5.79. The van der Waals surface area contributed by atoms with Gasteiger partial charge in [-0.05, 0) is 46.2 Å². The third-order valence-electron chi connectivity index (χ3n) is 3.73. The van der Waals surface area contributed by atoms with Crippen LogP contribution in [0.4, 0.5) is 4.79 Å². The van der Waals surface area contributed by atoms with Gasteiger partial charge in [0.15, 0.2) is 5.96 Å². The number of pyridine rings is 1. The Kier molecular flexibility index (Phi) is 7.99. The molecule has 0 saturated heterocycles. The van der Waals surface area contributed by atoms with E-state index in [4.69, 9.17) is 4.74 Å². The van der Waals surface area contributed by atoms with E-state index < -0.39 is 11.7 Å². The molecule has 9 nitrogen and oxygen atoms in total. The molecule has 0 aliphatic heterocycles. The number of amides is 1. The molecule has 2 aromatic rings. The molecule has 0 aromatic carbocycles. The maximum Gasteiger partial charge on any atom is 0.407 e. The maximum atomic E-state index is 11.7. The average molecular weight is 402 g/mol. The highest BCUT2D eigenvalue weighted by atomic mass is 16.6. The SMILES string of the molecule is CCNC(=NCc1ccc(-n2ccnc2C)nc1)NCCNC(=O)OC(C)(C)C. The first-order chi connectivity index (χ1) is 13.8. The van der Waals surface area contributed by atoms with E-state index in [1.54, 1.807) is 6.20 Å². The van der Waals surface area contributed by atoms with Crippen LogP contribution in [-0.2, 0) is 11.3 Å². The quantitative estimate of drug-likeness (QED) is 0.373. The zero-order valence-corrected chi connectivity index (χ0v) is 17.8. The number of rotatable bonds is 7. The molecule has 0 saturated carbocycles. The Hall–Kier alpha value is -3.10. The fourth-order valence-electron chi connectivity index (χ4n) is 2.44. The molecule has 1 amide bonds. The van der Waals surface area contributed by atoms with Crippen molar-refractivity contribution in [2.45, 2.75) is 46.8 Å². The Bertz CT molecular complexity index is 807. The van der Waals surface area contributed by atoms with Crippen molar-refractivity contribution in [3.63, 3.8) is 0 Å². The van der Waals surface area contributed by atoms with Crippen molar-refractivity contribution in [3.05, 3.63) is 42.1 Å². The van der Waals surface area contributed by atoms with Gasteiger partial charge in [-0.3, -0.25) is 4.57 Å². The fourth-order valence-corrected chi connectivity index (χ4v) is 2.44. The van der Waals surface area contributed by atoms with Gasteiger partial charge in [0.1, 0.15) is 17.2 Å². The van der Waals surface area contributed by atoms with Gasteiger partial charge in [0.25, 0.3) is 0 Å². The molecule has 2 aromatic heterocycles. The maximum absolute atomic E-state index is 11.7. The molecule has 0 radical (unpaired) electrons. The minimum atomic E-state index is -0.506. The lowest BCUT2D eigenvalue weighted by molar-refractivity contribution is 0.0529. The smallest absolute Gasteiger partial charge is 0.407 e. The summed E-state index contributed by atoms with van der Waals surface area (Å²) in [7, 11) is 0. The highest BCUT2D eigenvalue weighted by Gasteiger charge is 2.15. The van der Waals surface area contributed by atoms with Gasteiger partial charge in [-0.25, -0.2) is 19.8 Å². The molecule has 3 N–H and O–H groups in total. The number of carbonyl (C=O) groups excluding carboxylic acids is 1. The van der Waals surface area contributed by atoms with Crippen molar-refractivity contribution in [2.75, 3.05) is 19.6 Å². The standard InChI is InChI=1S/C20H31N7O2/c1-6-21-18(23-9-10-24-19(28)29-20(3,4)5)26-14-16-7-8-17(25-13-16)27-12-11-22-15(27)2/h7-8,11-13H,6,9-10,14H2,1-5H3,(H,24,28)(H2,21,23,26). The first-order valence-corrected chi connectivity index (χ1v) is 9.73. The lowest BCUT2D eigenvalue weighted by Gasteiger charge is -2.19. The molecule has 0 bridgehead atoms. The first-order valence-electron chi connectivity index (χ1n) is 9.73. The number of nitrogens with one attached hydrogen (secondary N) is 3. The lowest BCUT2D eigenvalue weighted by atomic mass is 10.2. The summed E-state index contributed by atoms with van der Waals surface area (Å²) in [5, 5.41) is 9.08. The molecular formula is C20H31N7O2. The molecule has 2 heterocycles. The minimum absolute atomic E-state index is 0.430. The molecule has 9 heteroatoms. The fraction of sp³-hybridized carbons (Fsp3) is 0.500. The topological polar surface area (TPSA) is 105 Å². The predicted octanol–water partition coefficient (Wildman–Crippen LogP) is 2.16. The van der Waals surface area contributed by atoms with E-state index in [0.29, 0.717) is 25.6 Å². The number of hydrogen-bond donors (Lipinski definition) is 3. The summed E-state index contributed by atoms with van der Waals surface area (Å²) in [6, 6.07) is 3.95. The number of aliphatic imine (C=N–C) groups is 1. The van der Waals surface area contributed by atoms with Gasteiger partial charge in [-0.15, -0.1) is 0 Å². The predicted molar refractivity (Wildman–Crippen MR) is 113 cm³/mol. The number of carbonyl (C=O) groups is 1. The Balaban J connectivity index is 1.84. The van der Waals surface area contributed by atoms with Crippen molar-refractivity contribution >= 4 is 12.1 Å². The number of nitrogens with zero attached hydrogens (tertiary/aromatic N) is 4. The summed E-state index contributed by atoms with van der Waals surface area (Å²) < 4.78 is 7.13. The van der Waals surface area contributed by atoms with Crippen LogP contribution in [0.1, 0.15) is 39.1 Å². The molecule has 0 aliphatic rings. The number of hydrogen-bond acceptors (Lipinski definition) is 5. The lowest BCUT2D eigenvalue weighted by Crippen LogP contribution is -2.42. The molecule has 0 fully saturated rings. The van der Waals surface area contributed by atoms with E-state index in [2.05, 4.69) is 30.9 Å². The highest BCUT2D eigenvalue weighted by Crippen LogP contribution is 2.09. The van der Waals surface area contributed by atoms with Crippen LogP contribution < -0.4 is 16.0 Å². The van der Waals surface area contributed by atoms with E-state index in [1.807, 2.05) is 63.7 Å². The summed E-state index contributed by atoms with van der Waals surface area (Å²) >= 11 is 0. The summed E-state index contributed by atoms with van der Waals surface area (Å²) in [6.07, 6.45) is 5.02. The van der Waals surface area contributed by atoms with E-state index in [1.165, 1.54) is 0 Å². The van der Waals surface area contributed by atoms with Crippen LogP contribution in [0.3, 0.4) is 0 Å². The molecule has 0 atom stereocenters. The van der Waals surface area contributed by atoms with Gasteiger partial charge in [-0.2, -0.15) is 0 Å². The van der Waals surface area contributed by atoms with Crippen LogP contribution in [0, 0.1) is 6.92 Å². The third kappa shape index (κ3) is 7.81. The number of ether oxygens (including phenoxy) is 1. The Morgan fingerprint density at radius 1 is 1.17 bits per heavy atom. The van der Waals surface area contributed by atoms with Crippen molar-refractivity contribution in [3.8, 4) is 5.82 Å². The van der Waals surface area contributed by atoms with E-state index in [-0.39, 0.29) is 0 Å². The summed E-state index contributed by atoms with van der Waals surface area (Å²) in [5.41, 5.74) is 0.490. The first kappa shape index (κ1) is 22.2. The second-order valence-corrected chi connectivity index (χ2v) is 7.42. The van der Waals surface area contributed by atoms with Gasteiger partial charge in [0.2, 0.25) is 0 Å². The molecular weight excluding hydrogens is 370 g/mol. The van der Waals surface area contributed by atoms with Crippen LogP contribution in [0.25, 0.3) is 5.82 Å². The van der Waals surface area contributed by atoms with Crippen molar-refractivity contribution in [1.82, 2.24) is 30.5 Å². The van der Waals surface area contributed by atoms with Gasteiger partial charge in [0, 0.05) is 38.2 Å². The second-order valence-electron chi connectivity index (χ2n) is 7.42. The van der Waals surface area contributed by atoms with E-state index in [9.17, 15) is 4.79 Å². The van der Waals surface area contributed by atoms with Crippen LogP contribution in [-0.4, -0.2) is 51.8 Å². The van der Waals surface area contributed by atoms with E-state index in [0.717, 1.165) is 23.8 Å². The zero-order chi connectivity index (χ0) is 21.3. The molecule has 29 heavy (non-hydrogen) atoms. The van der Waals surface area contributed by atoms with Crippen LogP contribution in [0.2, 0.25) is 0 Å². The number of alkyl carbamates (subject to hydrolysis) is 1. The molecule has 0 spiro atoms. The molecule has 0 aliphatic carbocycles. The average Bonchev–Trinajstić information content (AvgIpc) is 3.08. The third-order valence-corrected chi connectivity index (χ3v) is 3.73. The summed E-state index contributed by atoms with van der Waals surface area (Å²) in [4.78, 5) is 24.9. The largest absolute Gasteiger partial charge is 0.444 e. The monoisotopic (exact) mass is 401 g/mol. The molecule has 158 valence electrons. The van der Waals surface area contributed by atoms with Gasteiger partial charge >= 0.3 is 6.09 Å². The molecule has 2 rings (SSSR count). The normalized spacial score (nSPS) is 11.8. The van der Waals surface area contributed by atoms with Gasteiger partial charge in [0.05, 0.1) is 6.54 Å². The molecule has 0 unspecified atom stereocenters. The summed E-state index contributed by atoms with van der Waals surface area (Å²) in [6.45, 7) is 11.6. The zero-order valence-electron chi connectivity index (χ0n) is 17.8.